The number of hydrogen-bond acceptors (Lipinski definition) is 2. The number of aromatic hydroxyl groups is 1. The average Bonchev–Trinajstić information content (AvgIpc) is 3.10. The van der Waals surface area contributed by atoms with Gasteiger partial charge in [-0.25, -0.2) is 0 Å². The van der Waals surface area contributed by atoms with Crippen molar-refractivity contribution < 1.29 is 9.84 Å². The van der Waals surface area contributed by atoms with E-state index in [9.17, 15) is 5.11 Å². The van der Waals surface area contributed by atoms with Crippen LogP contribution in [0.1, 0.15) is 5.56 Å². The SMILES string of the molecule is Oc1c(I)cc(I)cc1COc1ccc(-[s+]2c3ccccc3c3ccccc32)cc1. The Morgan fingerprint density at radius 1 is 0.767 bits per heavy atom. The number of hydrogen-bond donors (Lipinski definition) is 1. The molecule has 1 aromatic heterocycles. The predicted molar refractivity (Wildman–Crippen MR) is 143 cm³/mol. The Labute approximate surface area is 204 Å². The molecule has 5 aromatic rings. The van der Waals surface area contributed by atoms with Crippen molar-refractivity contribution in [2.75, 3.05) is 0 Å². The van der Waals surface area contributed by atoms with Gasteiger partial charge in [0, 0.05) is 42.5 Å². The second-order valence-electron chi connectivity index (χ2n) is 6.95. The fourth-order valence-electron chi connectivity index (χ4n) is 3.67. The highest BCUT2D eigenvalue weighted by Gasteiger charge is 2.22. The second-order valence-corrected chi connectivity index (χ2v) is 11.3. The minimum atomic E-state index is -0.0961. The summed E-state index contributed by atoms with van der Waals surface area (Å²) in [6.45, 7) is 0.343. The molecule has 0 fully saturated rings. The molecule has 5 rings (SSSR count). The van der Waals surface area contributed by atoms with Crippen molar-refractivity contribution in [3.63, 3.8) is 0 Å². The van der Waals surface area contributed by atoms with Gasteiger partial charge in [-0.2, -0.15) is 0 Å². The van der Waals surface area contributed by atoms with Crippen LogP contribution in [0.5, 0.6) is 11.5 Å². The summed E-state index contributed by atoms with van der Waals surface area (Å²) < 4.78 is 10.7. The number of ether oxygens (including phenoxy) is 1. The molecule has 0 bridgehead atoms. The van der Waals surface area contributed by atoms with E-state index in [0.29, 0.717) is 12.4 Å². The van der Waals surface area contributed by atoms with Crippen LogP contribution in [-0.4, -0.2) is 5.11 Å². The summed E-state index contributed by atoms with van der Waals surface area (Å²) >= 11 is 4.40. The molecular formula is C25H17I2O2S+. The topological polar surface area (TPSA) is 29.5 Å². The molecule has 0 unspecified atom stereocenters. The number of benzene rings is 4. The van der Waals surface area contributed by atoms with Crippen LogP contribution < -0.4 is 4.74 Å². The molecule has 0 saturated carbocycles. The number of phenolic OH excluding ortho intramolecular Hbond substituents is 1. The first kappa shape index (κ1) is 20.1. The molecule has 0 amide bonds. The van der Waals surface area contributed by atoms with Crippen molar-refractivity contribution >= 4 is 75.8 Å². The van der Waals surface area contributed by atoms with Crippen molar-refractivity contribution in [3.05, 3.63) is 97.6 Å². The largest absolute Gasteiger partial charge is 0.506 e. The zero-order chi connectivity index (χ0) is 20.7. The lowest BCUT2D eigenvalue weighted by molar-refractivity contribution is 0.298. The van der Waals surface area contributed by atoms with E-state index in [-0.39, 0.29) is 10.5 Å². The number of phenols is 1. The molecule has 4 aromatic carbocycles. The minimum Gasteiger partial charge on any atom is -0.506 e. The van der Waals surface area contributed by atoms with Gasteiger partial charge in [-0.05, 0) is 93.7 Å². The summed E-state index contributed by atoms with van der Waals surface area (Å²) in [4.78, 5) is 1.28. The Kier molecular flexibility index (Phi) is 5.59. The lowest BCUT2D eigenvalue weighted by Crippen LogP contribution is -1.97. The van der Waals surface area contributed by atoms with Crippen LogP contribution in [0.15, 0.2) is 84.9 Å². The molecule has 0 spiro atoms. The third-order valence-electron chi connectivity index (χ3n) is 5.07. The van der Waals surface area contributed by atoms with Crippen molar-refractivity contribution in [1.29, 1.82) is 0 Å². The third-order valence-corrected chi connectivity index (χ3v) is 8.85. The van der Waals surface area contributed by atoms with Crippen molar-refractivity contribution in [1.82, 2.24) is 0 Å². The highest BCUT2D eigenvalue weighted by Crippen LogP contribution is 2.48. The molecule has 0 aliphatic carbocycles. The molecule has 2 nitrogen and oxygen atoms in total. The van der Waals surface area contributed by atoms with E-state index in [1.165, 1.54) is 25.1 Å². The maximum Gasteiger partial charge on any atom is 0.187 e. The number of fused-ring (bicyclic) bond motifs is 3. The van der Waals surface area contributed by atoms with Crippen LogP contribution in [0.25, 0.3) is 25.1 Å². The summed E-state index contributed by atoms with van der Waals surface area (Å²) in [6, 6.07) is 29.7. The molecule has 1 heterocycles. The fourth-order valence-corrected chi connectivity index (χ4v) is 8.01. The summed E-state index contributed by atoms with van der Waals surface area (Å²) in [5, 5.41) is 13.0. The number of thiophene rings is 1. The molecule has 5 heteroatoms. The van der Waals surface area contributed by atoms with Crippen LogP contribution in [0.2, 0.25) is 0 Å². The van der Waals surface area contributed by atoms with E-state index in [1.807, 2.05) is 24.3 Å². The molecular weight excluding hydrogens is 618 g/mol. The first-order valence-corrected chi connectivity index (χ1v) is 12.8. The Morgan fingerprint density at radius 2 is 1.37 bits per heavy atom. The van der Waals surface area contributed by atoms with Crippen molar-refractivity contribution in [2.45, 2.75) is 6.61 Å². The van der Waals surface area contributed by atoms with Gasteiger partial charge in [0.1, 0.15) is 18.1 Å². The summed E-state index contributed by atoms with van der Waals surface area (Å²) in [5.41, 5.74) is 0.802. The Bertz CT molecular complexity index is 1320. The normalized spacial score (nSPS) is 11.3. The zero-order valence-corrected chi connectivity index (χ0v) is 20.9. The predicted octanol–water partition coefficient (Wildman–Crippen LogP) is 8.23. The molecule has 1 N–H and O–H groups in total. The molecule has 30 heavy (non-hydrogen) atoms. The molecule has 148 valence electrons. The van der Waals surface area contributed by atoms with Crippen molar-refractivity contribution in [3.8, 4) is 16.4 Å². The van der Waals surface area contributed by atoms with Gasteiger partial charge < -0.3 is 9.84 Å². The van der Waals surface area contributed by atoms with E-state index < -0.39 is 0 Å². The smallest absolute Gasteiger partial charge is 0.187 e. The van der Waals surface area contributed by atoms with Crippen LogP contribution >= 0.6 is 55.7 Å². The Hall–Kier alpha value is -1.84. The van der Waals surface area contributed by atoms with Crippen LogP contribution in [0, 0.1) is 7.14 Å². The first-order valence-electron chi connectivity index (χ1n) is 9.44. The van der Waals surface area contributed by atoms with E-state index in [0.717, 1.165) is 18.5 Å². The van der Waals surface area contributed by atoms with Gasteiger partial charge in [-0.1, -0.05) is 24.3 Å². The van der Waals surface area contributed by atoms with Gasteiger partial charge >= 0.3 is 0 Å². The molecule has 0 saturated heterocycles. The Morgan fingerprint density at radius 3 is 2.00 bits per heavy atom. The summed E-state index contributed by atoms with van der Waals surface area (Å²) in [7, 11) is -0.0961. The van der Waals surface area contributed by atoms with Gasteiger partial charge in [0.15, 0.2) is 14.3 Å². The van der Waals surface area contributed by atoms with Gasteiger partial charge in [0.05, 0.1) is 3.57 Å². The van der Waals surface area contributed by atoms with Crippen LogP contribution in [0.4, 0.5) is 0 Å². The Balaban J connectivity index is 1.47. The number of halogens is 2. The zero-order valence-electron chi connectivity index (χ0n) is 15.8. The maximum atomic E-state index is 10.3. The minimum absolute atomic E-state index is 0.0961. The quantitative estimate of drug-likeness (QED) is 0.159. The van der Waals surface area contributed by atoms with Crippen LogP contribution in [0.3, 0.4) is 0 Å². The van der Waals surface area contributed by atoms with Gasteiger partial charge in [0.25, 0.3) is 0 Å². The molecule has 0 aliphatic rings. The van der Waals surface area contributed by atoms with Gasteiger partial charge in [-0.3, -0.25) is 0 Å². The average molecular weight is 635 g/mol. The number of rotatable bonds is 4. The molecule has 0 atom stereocenters. The highest BCUT2D eigenvalue weighted by atomic mass is 127. The third kappa shape index (κ3) is 3.67. The van der Waals surface area contributed by atoms with Crippen LogP contribution in [-0.2, 0) is 6.61 Å². The second kappa shape index (κ2) is 8.36. The lowest BCUT2D eigenvalue weighted by atomic mass is 10.2. The van der Waals surface area contributed by atoms with E-state index in [2.05, 4.69) is 106 Å². The maximum absolute atomic E-state index is 10.3. The van der Waals surface area contributed by atoms with Crippen molar-refractivity contribution in [2.24, 2.45) is 0 Å². The summed E-state index contributed by atoms with van der Waals surface area (Å²) in [6.07, 6.45) is 0. The summed E-state index contributed by atoms with van der Waals surface area (Å²) in [5.74, 6) is 1.10. The first-order chi connectivity index (χ1) is 14.6. The van der Waals surface area contributed by atoms with E-state index >= 15 is 0 Å². The van der Waals surface area contributed by atoms with Gasteiger partial charge in [-0.15, -0.1) is 0 Å². The monoisotopic (exact) mass is 635 g/mol. The van der Waals surface area contributed by atoms with E-state index in [1.54, 1.807) is 0 Å². The molecule has 0 aliphatic heterocycles. The van der Waals surface area contributed by atoms with E-state index in [4.69, 9.17) is 4.74 Å². The van der Waals surface area contributed by atoms with Gasteiger partial charge in [0.2, 0.25) is 0 Å². The molecule has 0 radical (unpaired) electrons. The lowest BCUT2D eigenvalue weighted by Gasteiger charge is -2.09. The highest BCUT2D eigenvalue weighted by molar-refractivity contribution is 14.1. The standard InChI is InChI=1S/C25H16I2O2S/c26-17-13-16(25(28)22(27)14-17)15-29-18-9-11-19(12-10-18)30-23-7-3-1-5-20(23)21-6-2-4-8-24(21)30/h1-14H,15H2/p+1. The fraction of sp³-hybridized carbons (Fsp3) is 0.0400.